The summed E-state index contributed by atoms with van der Waals surface area (Å²) in [5.41, 5.74) is 2.71. The summed E-state index contributed by atoms with van der Waals surface area (Å²) in [7, 11) is 0. The molecular weight excluding hydrogens is 482 g/mol. The van der Waals surface area contributed by atoms with Crippen molar-refractivity contribution < 1.29 is 19.1 Å². The average Bonchev–Trinajstić information content (AvgIpc) is 3.24. The number of aromatic nitrogens is 1. The van der Waals surface area contributed by atoms with E-state index in [1.165, 1.54) is 4.90 Å². The van der Waals surface area contributed by atoms with Gasteiger partial charge in [0.15, 0.2) is 0 Å². The second kappa shape index (κ2) is 11.2. The molecule has 0 radical (unpaired) electrons. The van der Waals surface area contributed by atoms with Crippen LogP contribution in [0.5, 0.6) is 11.5 Å². The molecule has 38 heavy (non-hydrogen) atoms. The van der Waals surface area contributed by atoms with Gasteiger partial charge in [0.05, 0.1) is 23.9 Å². The third kappa shape index (κ3) is 5.36. The van der Waals surface area contributed by atoms with E-state index in [0.717, 1.165) is 11.3 Å². The largest absolute Gasteiger partial charge is 0.457 e. The first kappa shape index (κ1) is 25.0. The van der Waals surface area contributed by atoms with E-state index in [9.17, 15) is 14.4 Å². The Morgan fingerprint density at radius 3 is 2.61 bits per heavy atom. The van der Waals surface area contributed by atoms with Crippen LogP contribution < -0.4 is 15.4 Å². The fraction of sp³-hybridized carbons (Fsp3) is 0.241. The van der Waals surface area contributed by atoms with Crippen LogP contribution in [-0.4, -0.2) is 58.8 Å². The van der Waals surface area contributed by atoms with E-state index < -0.39 is 6.04 Å². The minimum absolute atomic E-state index is 0.0936. The molecule has 194 valence electrons. The second-order valence-electron chi connectivity index (χ2n) is 9.06. The SMILES string of the molecule is CCN1C(=O)NC(c2cccc(Oc3ccccc3)c2)C2=C1CN(CC(=O)NCCc1ccccn1)C2=O. The van der Waals surface area contributed by atoms with Crippen LogP contribution in [0.25, 0.3) is 0 Å². The number of benzene rings is 2. The quantitative estimate of drug-likeness (QED) is 0.458. The van der Waals surface area contributed by atoms with Crippen LogP contribution in [0, 0.1) is 0 Å². The Morgan fingerprint density at radius 2 is 1.84 bits per heavy atom. The maximum absolute atomic E-state index is 13.6. The number of nitrogens with zero attached hydrogens (tertiary/aromatic N) is 3. The van der Waals surface area contributed by atoms with Crippen LogP contribution in [0.4, 0.5) is 4.79 Å². The molecule has 9 heteroatoms. The summed E-state index contributed by atoms with van der Waals surface area (Å²) in [6, 6.07) is 21.4. The van der Waals surface area contributed by atoms with Crippen molar-refractivity contribution in [2.75, 3.05) is 26.2 Å². The molecule has 0 saturated carbocycles. The van der Waals surface area contributed by atoms with Gasteiger partial charge >= 0.3 is 6.03 Å². The number of likely N-dealkylation sites (N-methyl/N-ethyl adjacent to an activating group) is 1. The number of rotatable bonds is 9. The molecule has 2 aliphatic heterocycles. The van der Waals surface area contributed by atoms with Crippen molar-refractivity contribution in [1.29, 1.82) is 0 Å². The van der Waals surface area contributed by atoms with Gasteiger partial charge in [-0.1, -0.05) is 36.4 Å². The van der Waals surface area contributed by atoms with E-state index in [-0.39, 0.29) is 30.9 Å². The first-order valence-corrected chi connectivity index (χ1v) is 12.6. The van der Waals surface area contributed by atoms with Gasteiger partial charge in [-0.2, -0.15) is 0 Å². The molecule has 1 atom stereocenters. The first-order chi connectivity index (χ1) is 18.5. The Labute approximate surface area is 221 Å². The number of pyridine rings is 1. The molecule has 5 rings (SSSR count). The summed E-state index contributed by atoms with van der Waals surface area (Å²) >= 11 is 0. The number of ether oxygens (including phenoxy) is 1. The summed E-state index contributed by atoms with van der Waals surface area (Å²) in [6.45, 7) is 2.79. The Balaban J connectivity index is 1.31. The van der Waals surface area contributed by atoms with Crippen LogP contribution in [-0.2, 0) is 16.0 Å². The van der Waals surface area contributed by atoms with E-state index in [2.05, 4.69) is 15.6 Å². The highest BCUT2D eigenvalue weighted by Crippen LogP contribution is 2.37. The lowest BCUT2D eigenvalue weighted by atomic mass is 9.95. The average molecular weight is 512 g/mol. The Morgan fingerprint density at radius 1 is 1.05 bits per heavy atom. The van der Waals surface area contributed by atoms with Gasteiger partial charge < -0.3 is 20.3 Å². The molecule has 0 bridgehead atoms. The number of amides is 4. The lowest BCUT2D eigenvalue weighted by molar-refractivity contribution is -0.131. The zero-order valence-corrected chi connectivity index (χ0v) is 21.1. The Kier molecular flexibility index (Phi) is 7.35. The Hall–Kier alpha value is -4.66. The molecule has 2 N–H and O–H groups in total. The van der Waals surface area contributed by atoms with Crippen molar-refractivity contribution >= 4 is 17.8 Å². The predicted molar refractivity (Wildman–Crippen MR) is 141 cm³/mol. The van der Waals surface area contributed by atoms with E-state index in [4.69, 9.17) is 4.74 Å². The van der Waals surface area contributed by atoms with Gasteiger partial charge in [0.2, 0.25) is 5.91 Å². The number of urea groups is 1. The van der Waals surface area contributed by atoms with Gasteiger partial charge in [-0.25, -0.2) is 4.79 Å². The molecule has 2 aliphatic rings. The predicted octanol–water partition coefficient (Wildman–Crippen LogP) is 3.42. The maximum Gasteiger partial charge on any atom is 0.322 e. The molecular formula is C29H29N5O4. The van der Waals surface area contributed by atoms with Gasteiger partial charge in [-0.15, -0.1) is 0 Å². The zero-order valence-electron chi connectivity index (χ0n) is 21.1. The summed E-state index contributed by atoms with van der Waals surface area (Å²) in [5.74, 6) is 0.758. The summed E-state index contributed by atoms with van der Waals surface area (Å²) in [4.78, 5) is 46.5. The van der Waals surface area contributed by atoms with Gasteiger partial charge in [0.1, 0.15) is 18.0 Å². The van der Waals surface area contributed by atoms with Crippen molar-refractivity contribution in [3.8, 4) is 11.5 Å². The smallest absolute Gasteiger partial charge is 0.322 e. The third-order valence-electron chi connectivity index (χ3n) is 6.55. The number of hydrogen-bond acceptors (Lipinski definition) is 5. The second-order valence-corrected chi connectivity index (χ2v) is 9.06. The molecule has 3 heterocycles. The number of hydrogen-bond donors (Lipinski definition) is 2. The molecule has 0 spiro atoms. The van der Waals surface area contributed by atoms with Crippen LogP contribution >= 0.6 is 0 Å². The van der Waals surface area contributed by atoms with Crippen molar-refractivity contribution in [2.45, 2.75) is 19.4 Å². The number of carbonyl (C=O) groups excluding carboxylic acids is 3. The standard InChI is InChI=1S/C29H29N5O4/c1-2-34-24-18-33(19-25(35)31-16-14-21-10-6-7-15-30-21)28(36)26(24)27(32-29(34)37)20-9-8-13-23(17-20)38-22-11-4-3-5-12-22/h3-13,15,17,27H,2,14,16,18-19H2,1H3,(H,31,35)(H,32,37). The summed E-state index contributed by atoms with van der Waals surface area (Å²) in [5, 5.41) is 5.83. The molecule has 0 fully saturated rings. The minimum atomic E-state index is -0.649. The van der Waals surface area contributed by atoms with E-state index >= 15 is 0 Å². The number of nitrogens with one attached hydrogen (secondary N) is 2. The topological polar surface area (TPSA) is 104 Å². The van der Waals surface area contributed by atoms with Gasteiger partial charge in [-0.05, 0) is 48.9 Å². The molecule has 4 amide bonds. The highest BCUT2D eigenvalue weighted by molar-refractivity contribution is 6.03. The molecule has 3 aromatic rings. The van der Waals surface area contributed by atoms with Gasteiger partial charge in [-0.3, -0.25) is 19.5 Å². The van der Waals surface area contributed by atoms with Crippen molar-refractivity contribution in [3.05, 3.63) is 102 Å². The fourth-order valence-corrected chi connectivity index (χ4v) is 4.75. The lowest BCUT2D eigenvalue weighted by Gasteiger charge is -2.33. The van der Waals surface area contributed by atoms with Crippen LogP contribution in [0.3, 0.4) is 0 Å². The minimum Gasteiger partial charge on any atom is -0.457 e. The number of carbonyl (C=O) groups is 3. The van der Waals surface area contributed by atoms with Crippen molar-refractivity contribution in [2.24, 2.45) is 0 Å². The molecule has 1 unspecified atom stereocenters. The van der Waals surface area contributed by atoms with Crippen LogP contribution in [0.2, 0.25) is 0 Å². The summed E-state index contributed by atoms with van der Waals surface area (Å²) < 4.78 is 5.97. The summed E-state index contributed by atoms with van der Waals surface area (Å²) in [6.07, 6.45) is 2.31. The Bertz CT molecular complexity index is 1360. The fourth-order valence-electron chi connectivity index (χ4n) is 4.75. The van der Waals surface area contributed by atoms with E-state index in [1.807, 2.05) is 79.7 Å². The molecule has 0 aliphatic carbocycles. The highest BCUT2D eigenvalue weighted by Gasteiger charge is 2.44. The highest BCUT2D eigenvalue weighted by atomic mass is 16.5. The molecule has 9 nitrogen and oxygen atoms in total. The third-order valence-corrected chi connectivity index (χ3v) is 6.55. The van der Waals surface area contributed by atoms with Crippen molar-refractivity contribution in [3.63, 3.8) is 0 Å². The number of para-hydroxylation sites is 1. The van der Waals surface area contributed by atoms with E-state index in [0.29, 0.717) is 42.3 Å². The lowest BCUT2D eigenvalue weighted by Crippen LogP contribution is -2.47. The zero-order chi connectivity index (χ0) is 26.5. The monoisotopic (exact) mass is 511 g/mol. The van der Waals surface area contributed by atoms with Gasteiger partial charge in [0, 0.05) is 31.4 Å². The normalized spacial score (nSPS) is 16.8. The maximum atomic E-state index is 13.6. The molecule has 1 aromatic heterocycles. The molecule has 2 aromatic carbocycles. The molecule has 0 saturated heterocycles. The van der Waals surface area contributed by atoms with Crippen LogP contribution in [0.15, 0.2) is 90.3 Å². The van der Waals surface area contributed by atoms with Gasteiger partial charge in [0.25, 0.3) is 5.91 Å². The first-order valence-electron chi connectivity index (χ1n) is 12.6. The van der Waals surface area contributed by atoms with Crippen LogP contribution in [0.1, 0.15) is 24.2 Å². The van der Waals surface area contributed by atoms with E-state index in [1.54, 1.807) is 11.1 Å². The van der Waals surface area contributed by atoms with Crippen molar-refractivity contribution in [1.82, 2.24) is 25.4 Å².